The Labute approximate surface area is 80.0 Å². The normalized spacial score (nSPS) is 11.8. The van der Waals surface area contributed by atoms with E-state index in [1.54, 1.807) is 6.92 Å². The molecule has 1 aromatic heterocycles. The molecule has 0 radical (unpaired) electrons. The molecule has 0 amide bonds. The molecule has 2 nitrogen and oxygen atoms in total. The topological polar surface area (TPSA) is 25.8 Å². The van der Waals surface area contributed by atoms with E-state index in [1.165, 1.54) is 13.0 Å². The van der Waals surface area contributed by atoms with E-state index in [1.807, 2.05) is 0 Å². The second-order valence-electron chi connectivity index (χ2n) is 2.71. The van der Waals surface area contributed by atoms with Crippen LogP contribution in [0.1, 0.15) is 24.9 Å². The van der Waals surface area contributed by atoms with Crippen molar-refractivity contribution in [3.05, 3.63) is 22.7 Å². The highest BCUT2D eigenvalue weighted by Gasteiger charge is 2.32. The first kappa shape index (κ1) is 10.3. The van der Waals surface area contributed by atoms with Gasteiger partial charge in [0.15, 0.2) is 0 Å². The van der Waals surface area contributed by atoms with Gasteiger partial charge in [0.1, 0.15) is 5.15 Å². The Hall–Kier alpha value is -0.770. The van der Waals surface area contributed by atoms with E-state index in [-0.39, 0.29) is 11.6 Å². The van der Waals surface area contributed by atoms with Gasteiger partial charge in [-0.3, -0.25) is 0 Å². The fraction of sp³-hybridized carbons (Fsp3) is 0.500. The van der Waals surface area contributed by atoms with E-state index >= 15 is 0 Å². The minimum absolute atomic E-state index is 0.0515. The molecule has 1 heterocycles. The van der Waals surface area contributed by atoms with Gasteiger partial charge in [0.25, 0.3) is 0 Å². The molecule has 0 aliphatic heterocycles. The highest BCUT2D eigenvalue weighted by Crippen LogP contribution is 2.29. The van der Waals surface area contributed by atoms with Crippen molar-refractivity contribution >= 4 is 11.6 Å². The molecule has 0 unspecified atom stereocenters. The fourth-order valence-electron chi connectivity index (χ4n) is 0.852. The Morgan fingerprint density at radius 3 is 2.54 bits per heavy atom. The lowest BCUT2D eigenvalue weighted by Gasteiger charge is -2.12. The molecular formula is C8H9ClF2N2. The van der Waals surface area contributed by atoms with Gasteiger partial charge in [0, 0.05) is 12.1 Å². The van der Waals surface area contributed by atoms with Gasteiger partial charge in [-0.1, -0.05) is 18.5 Å². The third kappa shape index (κ3) is 2.34. The summed E-state index contributed by atoms with van der Waals surface area (Å²) in [6.45, 7) is 2.97. The number of hydrogen-bond acceptors (Lipinski definition) is 2. The fourth-order valence-corrected chi connectivity index (χ4v) is 1.09. The van der Waals surface area contributed by atoms with Crippen LogP contribution in [0.3, 0.4) is 0 Å². The van der Waals surface area contributed by atoms with Gasteiger partial charge in [0.05, 0.1) is 0 Å². The van der Waals surface area contributed by atoms with Crippen LogP contribution in [-0.2, 0) is 5.92 Å². The van der Waals surface area contributed by atoms with Gasteiger partial charge >= 0.3 is 5.92 Å². The summed E-state index contributed by atoms with van der Waals surface area (Å²) < 4.78 is 26.1. The standard InChI is InChI=1S/C8H9ClF2N2/c1-3-8(10,11)7-12-5(2)4-6(9)13-7/h4H,3H2,1-2H3. The van der Waals surface area contributed by atoms with Crippen LogP contribution in [0.15, 0.2) is 6.07 Å². The van der Waals surface area contributed by atoms with Gasteiger partial charge in [-0.25, -0.2) is 9.97 Å². The second-order valence-corrected chi connectivity index (χ2v) is 3.10. The maximum absolute atomic E-state index is 13.1. The lowest BCUT2D eigenvalue weighted by Crippen LogP contribution is -2.16. The van der Waals surface area contributed by atoms with E-state index < -0.39 is 11.7 Å². The van der Waals surface area contributed by atoms with Crippen molar-refractivity contribution in [1.82, 2.24) is 9.97 Å². The predicted molar refractivity (Wildman–Crippen MR) is 46.0 cm³/mol. The molecule has 0 spiro atoms. The average molecular weight is 207 g/mol. The van der Waals surface area contributed by atoms with Crippen LogP contribution < -0.4 is 0 Å². The zero-order valence-corrected chi connectivity index (χ0v) is 8.07. The molecule has 1 rings (SSSR count). The number of aryl methyl sites for hydroxylation is 1. The molecule has 1 aromatic rings. The summed E-state index contributed by atoms with van der Waals surface area (Å²) in [6, 6.07) is 1.44. The van der Waals surface area contributed by atoms with Gasteiger partial charge in [-0.2, -0.15) is 8.78 Å². The van der Waals surface area contributed by atoms with Gasteiger partial charge in [0.2, 0.25) is 5.82 Å². The molecule has 5 heteroatoms. The number of alkyl halides is 2. The van der Waals surface area contributed by atoms with Crippen molar-refractivity contribution in [2.45, 2.75) is 26.2 Å². The van der Waals surface area contributed by atoms with Gasteiger partial charge < -0.3 is 0 Å². The first-order valence-corrected chi connectivity index (χ1v) is 4.23. The first-order valence-electron chi connectivity index (χ1n) is 3.85. The minimum atomic E-state index is -2.99. The van der Waals surface area contributed by atoms with Crippen LogP contribution in [-0.4, -0.2) is 9.97 Å². The van der Waals surface area contributed by atoms with Gasteiger partial charge in [-0.05, 0) is 13.0 Å². The second kappa shape index (κ2) is 3.54. The number of halogens is 3. The van der Waals surface area contributed by atoms with Crippen LogP contribution in [0, 0.1) is 6.92 Å². The summed E-state index contributed by atoms with van der Waals surface area (Å²) in [6.07, 6.45) is -0.327. The molecule has 0 aliphatic carbocycles. The zero-order valence-electron chi connectivity index (χ0n) is 7.31. The maximum Gasteiger partial charge on any atom is 0.306 e. The number of nitrogens with zero attached hydrogens (tertiary/aromatic N) is 2. The van der Waals surface area contributed by atoms with Crippen LogP contribution >= 0.6 is 11.6 Å². The van der Waals surface area contributed by atoms with E-state index in [0.29, 0.717) is 5.69 Å². The quantitative estimate of drug-likeness (QED) is 0.696. The highest BCUT2D eigenvalue weighted by molar-refractivity contribution is 6.29. The lowest BCUT2D eigenvalue weighted by molar-refractivity contribution is -0.0177. The van der Waals surface area contributed by atoms with E-state index in [2.05, 4.69) is 9.97 Å². The monoisotopic (exact) mass is 206 g/mol. The van der Waals surface area contributed by atoms with Crippen LogP contribution in [0.4, 0.5) is 8.78 Å². The maximum atomic E-state index is 13.1. The SMILES string of the molecule is CCC(F)(F)c1nc(C)cc(Cl)n1. The molecule has 0 saturated carbocycles. The van der Waals surface area contributed by atoms with Crippen molar-refractivity contribution in [2.75, 3.05) is 0 Å². The Balaban J connectivity index is 3.15. The first-order chi connectivity index (χ1) is 5.95. The molecule has 0 N–H and O–H groups in total. The molecular weight excluding hydrogens is 198 g/mol. The van der Waals surface area contributed by atoms with Crippen molar-refractivity contribution in [3.8, 4) is 0 Å². The minimum Gasteiger partial charge on any atom is -0.232 e. The summed E-state index contributed by atoms with van der Waals surface area (Å²) >= 11 is 5.53. The van der Waals surface area contributed by atoms with E-state index in [4.69, 9.17) is 11.6 Å². The third-order valence-electron chi connectivity index (χ3n) is 1.59. The predicted octanol–water partition coefficient (Wildman–Crippen LogP) is 2.94. The molecule has 13 heavy (non-hydrogen) atoms. The molecule has 72 valence electrons. The zero-order chi connectivity index (χ0) is 10.1. The smallest absolute Gasteiger partial charge is 0.232 e. The highest BCUT2D eigenvalue weighted by atomic mass is 35.5. The number of hydrogen-bond donors (Lipinski definition) is 0. The summed E-state index contributed by atoms with van der Waals surface area (Å²) in [5.74, 6) is -3.49. The molecule has 0 fully saturated rings. The van der Waals surface area contributed by atoms with Crippen LogP contribution in [0.25, 0.3) is 0 Å². The van der Waals surface area contributed by atoms with E-state index in [9.17, 15) is 8.78 Å². The van der Waals surface area contributed by atoms with Crippen molar-refractivity contribution in [1.29, 1.82) is 0 Å². The largest absolute Gasteiger partial charge is 0.306 e. The van der Waals surface area contributed by atoms with Crippen molar-refractivity contribution in [3.63, 3.8) is 0 Å². The summed E-state index contributed by atoms with van der Waals surface area (Å²) in [7, 11) is 0. The molecule has 0 atom stereocenters. The van der Waals surface area contributed by atoms with E-state index in [0.717, 1.165) is 0 Å². The molecule has 0 bridgehead atoms. The Bertz CT molecular complexity index is 295. The Morgan fingerprint density at radius 2 is 2.08 bits per heavy atom. The Morgan fingerprint density at radius 1 is 1.46 bits per heavy atom. The van der Waals surface area contributed by atoms with Gasteiger partial charge in [-0.15, -0.1) is 0 Å². The average Bonchev–Trinajstić information content (AvgIpc) is 2.02. The summed E-state index contributed by atoms with van der Waals surface area (Å²) in [4.78, 5) is 7.11. The molecule has 0 saturated heterocycles. The van der Waals surface area contributed by atoms with Crippen molar-refractivity contribution < 1.29 is 8.78 Å². The van der Waals surface area contributed by atoms with Crippen LogP contribution in [0.2, 0.25) is 5.15 Å². The molecule has 0 aromatic carbocycles. The summed E-state index contributed by atoms with van der Waals surface area (Å²) in [5.41, 5.74) is 0.447. The molecule has 0 aliphatic rings. The summed E-state index contributed by atoms with van der Waals surface area (Å²) in [5, 5.41) is 0.0515. The third-order valence-corrected chi connectivity index (χ3v) is 1.79. The van der Waals surface area contributed by atoms with Crippen LogP contribution in [0.5, 0.6) is 0 Å². The van der Waals surface area contributed by atoms with Crippen molar-refractivity contribution in [2.24, 2.45) is 0 Å². The Kier molecular flexibility index (Phi) is 2.81. The lowest BCUT2D eigenvalue weighted by atomic mass is 10.2. The number of aromatic nitrogens is 2. The number of rotatable bonds is 2.